The van der Waals surface area contributed by atoms with Crippen LogP contribution in [0, 0.1) is 0 Å². The lowest BCUT2D eigenvalue weighted by molar-refractivity contribution is -0.704. The van der Waals surface area contributed by atoms with E-state index in [0.29, 0.717) is 0 Å². The topological polar surface area (TPSA) is 8.81 Å². The number of aryl methyl sites for hydroxylation is 2. The minimum Gasteiger partial charge on any atom is -0.234 e. The van der Waals surface area contributed by atoms with Gasteiger partial charge in [-0.2, -0.15) is 0 Å². The van der Waals surface area contributed by atoms with Gasteiger partial charge in [0.2, 0.25) is 0 Å². The first-order chi connectivity index (χ1) is 11.8. The molecule has 0 atom stereocenters. The molecule has 1 aromatic rings. The van der Waals surface area contributed by atoms with E-state index < -0.39 is 0 Å². The van der Waals surface area contributed by atoms with Crippen LogP contribution in [0.4, 0.5) is 0 Å². The molecule has 0 amide bonds. The van der Waals surface area contributed by atoms with E-state index >= 15 is 0 Å². The minimum absolute atomic E-state index is 1.19. The van der Waals surface area contributed by atoms with Crippen molar-refractivity contribution in [3.05, 3.63) is 18.2 Å². The molecule has 0 saturated carbocycles. The van der Waals surface area contributed by atoms with Crippen LogP contribution in [0.2, 0.25) is 0 Å². The van der Waals surface area contributed by atoms with Gasteiger partial charge in [0.15, 0.2) is 0 Å². The predicted molar refractivity (Wildman–Crippen MR) is 105 cm³/mol. The SMILES string of the molecule is CCCCCCCCCCCC[n+]1ccn(CCCC)c1CCC. The Labute approximate surface area is 151 Å². The summed E-state index contributed by atoms with van der Waals surface area (Å²) in [6, 6.07) is 0. The normalized spacial score (nSPS) is 11.3. The van der Waals surface area contributed by atoms with Gasteiger partial charge in [-0.05, 0) is 25.7 Å². The first-order valence-electron chi connectivity index (χ1n) is 10.9. The van der Waals surface area contributed by atoms with Gasteiger partial charge in [0.05, 0.1) is 13.1 Å². The van der Waals surface area contributed by atoms with Gasteiger partial charge in [-0.25, -0.2) is 9.13 Å². The van der Waals surface area contributed by atoms with Crippen molar-refractivity contribution in [2.24, 2.45) is 0 Å². The lowest BCUT2D eigenvalue weighted by Gasteiger charge is -2.05. The molecule has 1 rings (SSSR count). The summed E-state index contributed by atoms with van der Waals surface area (Å²) in [5.41, 5.74) is 0. The second-order valence-electron chi connectivity index (χ2n) is 7.39. The standard InChI is InChI=1S/C22H43N2/c1-4-7-9-10-11-12-13-14-15-16-19-24-21-20-23(18-8-5-2)22(24)17-6-3/h20-21H,4-19H2,1-3H3/q+1. The Morgan fingerprint density at radius 2 is 1.29 bits per heavy atom. The fraction of sp³-hybridized carbons (Fsp3) is 0.864. The molecule has 1 heterocycles. The Morgan fingerprint density at radius 1 is 0.708 bits per heavy atom. The van der Waals surface area contributed by atoms with Crippen LogP contribution in [0.5, 0.6) is 0 Å². The van der Waals surface area contributed by atoms with Gasteiger partial charge in [-0.3, -0.25) is 0 Å². The molecule has 2 nitrogen and oxygen atoms in total. The average molecular weight is 336 g/mol. The highest BCUT2D eigenvalue weighted by atomic mass is 15.1. The molecule has 24 heavy (non-hydrogen) atoms. The molecular weight excluding hydrogens is 292 g/mol. The number of rotatable bonds is 16. The number of nitrogens with zero attached hydrogens (tertiary/aromatic N) is 2. The van der Waals surface area contributed by atoms with Crippen LogP contribution < -0.4 is 4.57 Å². The van der Waals surface area contributed by atoms with E-state index in [9.17, 15) is 0 Å². The summed E-state index contributed by atoms with van der Waals surface area (Å²) in [6.45, 7) is 9.27. The smallest absolute Gasteiger partial charge is 0.234 e. The quantitative estimate of drug-likeness (QED) is 0.242. The maximum atomic E-state index is 2.52. The summed E-state index contributed by atoms with van der Waals surface area (Å²) in [5.74, 6) is 1.54. The number of hydrogen-bond acceptors (Lipinski definition) is 0. The van der Waals surface area contributed by atoms with E-state index in [0.717, 1.165) is 0 Å². The molecule has 2 heteroatoms. The predicted octanol–water partition coefficient (Wildman–Crippen LogP) is 6.45. The lowest BCUT2D eigenvalue weighted by atomic mass is 10.1. The second-order valence-corrected chi connectivity index (χ2v) is 7.39. The van der Waals surface area contributed by atoms with E-state index in [1.165, 1.54) is 103 Å². The van der Waals surface area contributed by atoms with Crippen molar-refractivity contribution >= 4 is 0 Å². The highest BCUT2D eigenvalue weighted by Gasteiger charge is 2.15. The number of aromatic nitrogens is 2. The van der Waals surface area contributed by atoms with Crippen molar-refractivity contribution in [1.29, 1.82) is 0 Å². The molecule has 0 spiro atoms. The van der Waals surface area contributed by atoms with Crippen molar-refractivity contribution < 1.29 is 4.57 Å². The summed E-state index contributed by atoms with van der Waals surface area (Å²) < 4.78 is 5.01. The maximum absolute atomic E-state index is 2.52. The zero-order valence-corrected chi connectivity index (χ0v) is 16.9. The third-order valence-corrected chi connectivity index (χ3v) is 5.07. The molecule has 0 aromatic carbocycles. The van der Waals surface area contributed by atoms with Gasteiger partial charge in [0, 0.05) is 6.42 Å². The number of hydrogen-bond donors (Lipinski definition) is 0. The summed E-state index contributed by atoms with van der Waals surface area (Å²) in [4.78, 5) is 0. The van der Waals surface area contributed by atoms with Gasteiger partial charge in [0.25, 0.3) is 5.82 Å². The molecule has 0 aliphatic heterocycles. The number of unbranched alkanes of at least 4 members (excludes halogenated alkanes) is 10. The Morgan fingerprint density at radius 3 is 1.88 bits per heavy atom. The van der Waals surface area contributed by atoms with Gasteiger partial charge < -0.3 is 0 Å². The van der Waals surface area contributed by atoms with Crippen molar-refractivity contribution in [2.75, 3.05) is 0 Å². The molecule has 0 aliphatic carbocycles. The third-order valence-electron chi connectivity index (χ3n) is 5.07. The molecule has 0 fully saturated rings. The lowest BCUT2D eigenvalue weighted by Crippen LogP contribution is -2.37. The van der Waals surface area contributed by atoms with Crippen LogP contribution in [0.15, 0.2) is 12.4 Å². The third kappa shape index (κ3) is 8.89. The Balaban J connectivity index is 2.16. The van der Waals surface area contributed by atoms with Gasteiger partial charge in [-0.1, -0.05) is 78.6 Å². The molecule has 0 saturated heterocycles. The zero-order chi connectivity index (χ0) is 17.5. The first-order valence-corrected chi connectivity index (χ1v) is 10.9. The molecule has 140 valence electrons. The molecule has 0 aliphatic rings. The highest BCUT2D eigenvalue weighted by Crippen LogP contribution is 2.11. The van der Waals surface area contributed by atoms with Crippen LogP contribution >= 0.6 is 0 Å². The first kappa shape index (κ1) is 21.3. The Kier molecular flexibility index (Phi) is 12.9. The van der Waals surface area contributed by atoms with Gasteiger partial charge in [0.1, 0.15) is 12.4 Å². The van der Waals surface area contributed by atoms with Crippen LogP contribution in [0.3, 0.4) is 0 Å². The van der Waals surface area contributed by atoms with Crippen molar-refractivity contribution in [3.63, 3.8) is 0 Å². The molecule has 0 radical (unpaired) electrons. The monoisotopic (exact) mass is 335 g/mol. The minimum atomic E-state index is 1.19. The summed E-state index contributed by atoms with van der Waals surface area (Å²) >= 11 is 0. The molecular formula is C22H43N2+. The van der Waals surface area contributed by atoms with E-state index in [1.807, 2.05) is 0 Å². The largest absolute Gasteiger partial charge is 0.256 e. The van der Waals surface area contributed by atoms with E-state index in [2.05, 4.69) is 42.3 Å². The highest BCUT2D eigenvalue weighted by molar-refractivity contribution is 4.83. The maximum Gasteiger partial charge on any atom is 0.256 e. The molecule has 0 bridgehead atoms. The second kappa shape index (κ2) is 14.5. The number of imidazole rings is 1. The van der Waals surface area contributed by atoms with Crippen LogP contribution in [-0.2, 0) is 19.5 Å². The Bertz CT molecular complexity index is 395. The van der Waals surface area contributed by atoms with Crippen molar-refractivity contribution in [2.45, 2.75) is 124 Å². The van der Waals surface area contributed by atoms with Gasteiger partial charge >= 0.3 is 0 Å². The van der Waals surface area contributed by atoms with E-state index in [-0.39, 0.29) is 0 Å². The fourth-order valence-electron chi connectivity index (χ4n) is 3.51. The fourth-order valence-corrected chi connectivity index (χ4v) is 3.51. The van der Waals surface area contributed by atoms with Crippen LogP contribution in [0.1, 0.15) is 110 Å². The zero-order valence-electron chi connectivity index (χ0n) is 16.9. The molecule has 0 unspecified atom stereocenters. The average Bonchev–Trinajstić information content (AvgIpc) is 2.97. The summed E-state index contributed by atoms with van der Waals surface area (Å²) in [7, 11) is 0. The summed E-state index contributed by atoms with van der Waals surface area (Å²) in [5, 5.41) is 0. The Hall–Kier alpha value is -0.790. The molecule has 0 N–H and O–H groups in total. The van der Waals surface area contributed by atoms with Gasteiger partial charge in [-0.15, -0.1) is 0 Å². The molecule has 1 aromatic heterocycles. The van der Waals surface area contributed by atoms with Crippen molar-refractivity contribution in [3.8, 4) is 0 Å². The van der Waals surface area contributed by atoms with Crippen LogP contribution in [-0.4, -0.2) is 4.57 Å². The summed E-state index contributed by atoms with van der Waals surface area (Å²) in [6.07, 6.45) is 23.8. The van der Waals surface area contributed by atoms with E-state index in [1.54, 1.807) is 5.82 Å². The van der Waals surface area contributed by atoms with Crippen molar-refractivity contribution in [1.82, 2.24) is 4.57 Å². The van der Waals surface area contributed by atoms with E-state index in [4.69, 9.17) is 0 Å². The van der Waals surface area contributed by atoms with Crippen LogP contribution in [0.25, 0.3) is 0 Å².